The number of ether oxygens (including phenoxy) is 2. The van der Waals surface area contributed by atoms with Crippen LogP contribution in [0.2, 0.25) is 0 Å². The lowest BCUT2D eigenvalue weighted by Gasteiger charge is -2.41. The topological polar surface area (TPSA) is 160 Å². The van der Waals surface area contributed by atoms with Crippen LogP contribution < -0.4 is 0 Å². The first-order valence-electron chi connectivity index (χ1n) is 5.82. The number of rotatable bonds is 6. The molecule has 0 spiro atoms. The van der Waals surface area contributed by atoms with Crippen LogP contribution in [0.3, 0.4) is 0 Å². The summed E-state index contributed by atoms with van der Waals surface area (Å²) in [5.41, 5.74) is 0. The van der Waals surface area contributed by atoms with Crippen LogP contribution in [-0.2, 0) is 9.47 Å². The van der Waals surface area contributed by atoms with Crippen LogP contribution >= 0.6 is 0 Å². The molecular weight excluding hydrogens is 264 g/mol. The van der Waals surface area contributed by atoms with Gasteiger partial charge >= 0.3 is 0 Å². The Bertz CT molecular complexity index is 261. The third kappa shape index (κ3) is 3.81. The highest BCUT2D eigenvalue weighted by Gasteiger charge is 2.45. The van der Waals surface area contributed by atoms with Crippen molar-refractivity contribution in [3.63, 3.8) is 0 Å². The van der Waals surface area contributed by atoms with Crippen molar-refractivity contribution < 1.29 is 45.2 Å². The van der Waals surface area contributed by atoms with E-state index in [1.165, 1.54) is 0 Å². The number of hydrogen-bond acceptors (Lipinski definition) is 9. The maximum Gasteiger partial charge on any atom is 0.187 e. The van der Waals surface area contributed by atoms with E-state index in [2.05, 4.69) is 0 Å². The molecule has 1 aliphatic heterocycles. The van der Waals surface area contributed by atoms with Crippen LogP contribution in [0.25, 0.3) is 0 Å². The molecule has 1 heterocycles. The summed E-state index contributed by atoms with van der Waals surface area (Å²) < 4.78 is 10.1. The second-order valence-electron chi connectivity index (χ2n) is 4.30. The van der Waals surface area contributed by atoms with E-state index in [4.69, 9.17) is 24.8 Å². The van der Waals surface area contributed by atoms with Gasteiger partial charge in [0.25, 0.3) is 0 Å². The molecule has 0 saturated carbocycles. The van der Waals surface area contributed by atoms with Crippen LogP contribution in [0.1, 0.15) is 0 Å². The van der Waals surface area contributed by atoms with Gasteiger partial charge in [-0.2, -0.15) is 0 Å². The third-order valence-corrected chi connectivity index (χ3v) is 2.95. The fourth-order valence-electron chi connectivity index (χ4n) is 1.73. The standard InChI is InChI=1S/C10H20O9/c11-1-4(14)5(2-12)18-10-9(17)8(16)7(15)6(3-13)19-10/h4-17H,1-3H2/t4-,5-,6-,7+,8-,9+,10+/m1/s1. The molecule has 1 rings (SSSR count). The Morgan fingerprint density at radius 3 is 2.05 bits per heavy atom. The summed E-state index contributed by atoms with van der Waals surface area (Å²) >= 11 is 0. The highest BCUT2D eigenvalue weighted by molar-refractivity contribution is 4.89. The lowest BCUT2D eigenvalue weighted by Crippen LogP contribution is -2.60. The maximum atomic E-state index is 9.65. The van der Waals surface area contributed by atoms with E-state index in [9.17, 15) is 20.4 Å². The maximum absolute atomic E-state index is 9.65. The summed E-state index contributed by atoms with van der Waals surface area (Å²) in [7, 11) is 0. The second kappa shape index (κ2) is 7.43. The van der Waals surface area contributed by atoms with Crippen molar-refractivity contribution in [3.05, 3.63) is 0 Å². The minimum atomic E-state index is -1.63. The molecule has 1 saturated heterocycles. The molecular formula is C10H20O9. The van der Waals surface area contributed by atoms with Gasteiger partial charge in [0.15, 0.2) is 6.29 Å². The smallest absolute Gasteiger partial charge is 0.187 e. The molecule has 9 heteroatoms. The molecule has 0 aromatic heterocycles. The molecule has 114 valence electrons. The highest BCUT2D eigenvalue weighted by Crippen LogP contribution is 2.23. The second-order valence-corrected chi connectivity index (χ2v) is 4.30. The molecule has 0 bridgehead atoms. The molecule has 7 N–H and O–H groups in total. The Balaban J connectivity index is 2.70. The van der Waals surface area contributed by atoms with Gasteiger partial charge in [-0.1, -0.05) is 0 Å². The fourth-order valence-corrected chi connectivity index (χ4v) is 1.73. The van der Waals surface area contributed by atoms with Crippen molar-refractivity contribution >= 4 is 0 Å². The van der Waals surface area contributed by atoms with Crippen LogP contribution in [0.5, 0.6) is 0 Å². The summed E-state index contributed by atoms with van der Waals surface area (Å²) in [6, 6.07) is 0. The van der Waals surface area contributed by atoms with Gasteiger partial charge in [-0.05, 0) is 0 Å². The van der Waals surface area contributed by atoms with Gasteiger partial charge in [0, 0.05) is 0 Å². The molecule has 1 fully saturated rings. The van der Waals surface area contributed by atoms with Gasteiger partial charge < -0.3 is 45.2 Å². The first-order chi connectivity index (χ1) is 8.96. The molecule has 1 aliphatic rings. The van der Waals surface area contributed by atoms with Crippen molar-refractivity contribution in [1.82, 2.24) is 0 Å². The number of hydrogen-bond donors (Lipinski definition) is 7. The third-order valence-electron chi connectivity index (χ3n) is 2.95. The Labute approximate surface area is 109 Å². The lowest BCUT2D eigenvalue weighted by molar-refractivity contribution is -0.319. The Hall–Kier alpha value is -0.360. The van der Waals surface area contributed by atoms with Crippen molar-refractivity contribution in [1.29, 1.82) is 0 Å². The molecule has 0 radical (unpaired) electrons. The van der Waals surface area contributed by atoms with E-state index in [0.29, 0.717) is 0 Å². The molecule has 0 unspecified atom stereocenters. The lowest BCUT2D eigenvalue weighted by atomic mass is 9.99. The summed E-state index contributed by atoms with van der Waals surface area (Å²) in [5, 5.41) is 64.7. The number of aliphatic hydroxyl groups is 7. The van der Waals surface area contributed by atoms with Gasteiger partial charge in [0.2, 0.25) is 0 Å². The van der Waals surface area contributed by atoms with Crippen LogP contribution in [-0.4, -0.2) is 98.5 Å². The fraction of sp³-hybridized carbons (Fsp3) is 1.00. The first-order valence-corrected chi connectivity index (χ1v) is 5.82. The predicted octanol–water partition coefficient (Wildman–Crippen LogP) is -4.48. The highest BCUT2D eigenvalue weighted by atomic mass is 16.7. The van der Waals surface area contributed by atoms with Crippen LogP contribution in [0, 0.1) is 0 Å². The molecule has 0 aliphatic carbocycles. The molecule has 7 atom stereocenters. The van der Waals surface area contributed by atoms with E-state index in [-0.39, 0.29) is 0 Å². The van der Waals surface area contributed by atoms with E-state index in [1.807, 2.05) is 0 Å². The monoisotopic (exact) mass is 284 g/mol. The van der Waals surface area contributed by atoms with E-state index in [1.54, 1.807) is 0 Å². The van der Waals surface area contributed by atoms with Gasteiger partial charge in [0.05, 0.1) is 19.8 Å². The predicted molar refractivity (Wildman–Crippen MR) is 58.8 cm³/mol. The Kier molecular flexibility index (Phi) is 6.53. The average Bonchev–Trinajstić information content (AvgIpc) is 2.43. The van der Waals surface area contributed by atoms with E-state index >= 15 is 0 Å². The van der Waals surface area contributed by atoms with Gasteiger partial charge in [-0.3, -0.25) is 0 Å². The van der Waals surface area contributed by atoms with Crippen molar-refractivity contribution in [2.75, 3.05) is 19.8 Å². The minimum Gasteiger partial charge on any atom is -0.394 e. The normalized spacial score (nSPS) is 39.0. The Morgan fingerprint density at radius 2 is 1.58 bits per heavy atom. The van der Waals surface area contributed by atoms with Crippen molar-refractivity contribution in [2.45, 2.75) is 42.9 Å². The number of aliphatic hydroxyl groups excluding tert-OH is 7. The zero-order chi connectivity index (χ0) is 14.6. The summed E-state index contributed by atoms with van der Waals surface area (Å²) in [6.07, 6.45) is -10.0. The molecule has 9 nitrogen and oxygen atoms in total. The van der Waals surface area contributed by atoms with Gasteiger partial charge in [-0.15, -0.1) is 0 Å². The minimum absolute atomic E-state index is 0.614. The van der Waals surface area contributed by atoms with Crippen LogP contribution in [0.15, 0.2) is 0 Å². The first kappa shape index (κ1) is 16.7. The largest absolute Gasteiger partial charge is 0.394 e. The summed E-state index contributed by atoms with van der Waals surface area (Å²) in [5.74, 6) is 0. The summed E-state index contributed by atoms with van der Waals surface area (Å²) in [6.45, 7) is -1.95. The average molecular weight is 284 g/mol. The van der Waals surface area contributed by atoms with E-state index in [0.717, 1.165) is 0 Å². The molecule has 0 aromatic rings. The van der Waals surface area contributed by atoms with Gasteiger partial charge in [0.1, 0.15) is 36.6 Å². The molecule has 0 aromatic carbocycles. The SMILES string of the molecule is OC[C@@H](O)[C@@H](CO)O[C@H]1O[C@H](CO)[C@H](O)[C@@H](O)[C@@H]1O. The zero-order valence-corrected chi connectivity index (χ0v) is 10.1. The summed E-state index contributed by atoms with van der Waals surface area (Å²) in [4.78, 5) is 0. The van der Waals surface area contributed by atoms with E-state index < -0.39 is 62.7 Å². The van der Waals surface area contributed by atoms with Gasteiger partial charge in [-0.25, -0.2) is 0 Å². The Morgan fingerprint density at radius 1 is 0.947 bits per heavy atom. The quantitative estimate of drug-likeness (QED) is 0.255. The van der Waals surface area contributed by atoms with Crippen molar-refractivity contribution in [3.8, 4) is 0 Å². The van der Waals surface area contributed by atoms with Crippen molar-refractivity contribution in [2.24, 2.45) is 0 Å². The molecule has 0 amide bonds. The van der Waals surface area contributed by atoms with Crippen LogP contribution in [0.4, 0.5) is 0 Å². The zero-order valence-electron chi connectivity index (χ0n) is 10.1. The molecule has 19 heavy (non-hydrogen) atoms.